The molecule has 3 heterocycles. The molecule has 9 heteroatoms. The molecule has 0 saturated carbocycles. The first kappa shape index (κ1) is 18.5. The van der Waals surface area contributed by atoms with Crippen molar-refractivity contribution in [1.82, 2.24) is 29.7 Å². The van der Waals surface area contributed by atoms with Crippen LogP contribution in [0.2, 0.25) is 0 Å². The minimum absolute atomic E-state index is 0.179. The van der Waals surface area contributed by atoms with Gasteiger partial charge in [0.1, 0.15) is 30.1 Å². The van der Waals surface area contributed by atoms with Gasteiger partial charge in [-0.25, -0.2) is 19.3 Å². The number of benzene rings is 1. The number of pyridine rings is 1. The van der Waals surface area contributed by atoms with Crippen molar-refractivity contribution in [3.8, 4) is 22.5 Å². The van der Waals surface area contributed by atoms with E-state index in [4.69, 9.17) is 0 Å². The van der Waals surface area contributed by atoms with Crippen LogP contribution >= 0.6 is 0 Å². The molecule has 2 N–H and O–H groups in total. The number of anilines is 1. The van der Waals surface area contributed by atoms with Gasteiger partial charge < -0.3 is 10.3 Å². The maximum absolute atomic E-state index is 13.3. The zero-order chi connectivity index (χ0) is 20.2. The van der Waals surface area contributed by atoms with Crippen molar-refractivity contribution in [2.45, 2.75) is 19.9 Å². The van der Waals surface area contributed by atoms with Crippen LogP contribution in [-0.2, 0) is 11.3 Å². The summed E-state index contributed by atoms with van der Waals surface area (Å²) in [6, 6.07) is 9.77. The van der Waals surface area contributed by atoms with Gasteiger partial charge in [-0.2, -0.15) is 5.10 Å². The average molecular weight is 391 g/mol. The van der Waals surface area contributed by atoms with Crippen molar-refractivity contribution < 1.29 is 9.18 Å². The lowest BCUT2D eigenvalue weighted by molar-refractivity contribution is -0.116. The van der Waals surface area contributed by atoms with Gasteiger partial charge in [-0.15, -0.1) is 0 Å². The minimum Gasteiger partial charge on any atom is -0.342 e. The lowest BCUT2D eigenvalue weighted by Gasteiger charge is -2.07. The molecule has 29 heavy (non-hydrogen) atoms. The number of hydrogen-bond acceptors (Lipinski definition) is 5. The summed E-state index contributed by atoms with van der Waals surface area (Å²) in [4.78, 5) is 28.1. The highest BCUT2D eigenvalue weighted by Crippen LogP contribution is 2.31. The average Bonchev–Trinajstić information content (AvgIpc) is 3.37. The molecule has 0 radical (unpaired) electrons. The molecule has 0 saturated heterocycles. The van der Waals surface area contributed by atoms with Gasteiger partial charge in [0.15, 0.2) is 0 Å². The first-order valence-electron chi connectivity index (χ1n) is 9.00. The van der Waals surface area contributed by atoms with Crippen LogP contribution in [0, 0.1) is 12.7 Å². The van der Waals surface area contributed by atoms with Gasteiger partial charge in [-0.05, 0) is 43.3 Å². The molecule has 0 aliphatic heterocycles. The summed E-state index contributed by atoms with van der Waals surface area (Å²) >= 11 is 0. The molecule has 0 aliphatic carbocycles. The molecule has 0 bridgehead atoms. The highest BCUT2D eigenvalue weighted by molar-refractivity contribution is 5.90. The van der Waals surface area contributed by atoms with Crippen LogP contribution < -0.4 is 5.32 Å². The smallest absolute Gasteiger partial charge is 0.227 e. The van der Waals surface area contributed by atoms with E-state index in [-0.39, 0.29) is 18.1 Å². The van der Waals surface area contributed by atoms with Crippen molar-refractivity contribution in [2.75, 3.05) is 5.32 Å². The third kappa shape index (κ3) is 4.34. The lowest BCUT2D eigenvalue weighted by atomic mass is 10.1. The van der Waals surface area contributed by atoms with Gasteiger partial charge >= 0.3 is 0 Å². The minimum atomic E-state index is -0.300. The maximum Gasteiger partial charge on any atom is 0.227 e. The third-order valence-corrected chi connectivity index (χ3v) is 4.29. The van der Waals surface area contributed by atoms with Gasteiger partial charge in [-0.3, -0.25) is 9.48 Å². The first-order chi connectivity index (χ1) is 14.1. The monoisotopic (exact) mass is 391 g/mol. The standard InChI is InChI=1S/C20H18FN7O/c1-13-25-19(14-2-4-16(21)5-3-14)20(26-13)15-6-8-23-17(10-15)27-18(29)7-9-28-12-22-11-24-28/h2-6,8,10-12H,7,9H2,1H3,(H,25,26)(H,23,27,29). The summed E-state index contributed by atoms with van der Waals surface area (Å²) < 4.78 is 14.9. The molecule has 0 atom stereocenters. The number of imidazole rings is 1. The number of hydrogen-bond donors (Lipinski definition) is 2. The number of carbonyl (C=O) groups excluding carboxylic acids is 1. The Morgan fingerprint density at radius 2 is 2.03 bits per heavy atom. The number of aryl methyl sites for hydroxylation is 2. The number of H-pyrrole nitrogens is 1. The molecule has 3 aromatic heterocycles. The summed E-state index contributed by atoms with van der Waals surface area (Å²) in [5, 5.41) is 6.76. The largest absolute Gasteiger partial charge is 0.342 e. The summed E-state index contributed by atoms with van der Waals surface area (Å²) in [5.74, 6) is 0.680. The van der Waals surface area contributed by atoms with E-state index in [0.29, 0.717) is 18.1 Å². The molecule has 0 fully saturated rings. The number of nitrogens with one attached hydrogen (secondary N) is 2. The molecule has 0 spiro atoms. The Hall–Kier alpha value is -3.88. The van der Waals surface area contributed by atoms with Crippen molar-refractivity contribution in [2.24, 2.45) is 0 Å². The van der Waals surface area contributed by atoms with Crippen molar-refractivity contribution in [3.05, 3.63) is 66.9 Å². The molecule has 0 aliphatic rings. The Labute approximate surface area is 165 Å². The predicted octanol–water partition coefficient (Wildman–Crippen LogP) is 3.21. The molecule has 146 valence electrons. The lowest BCUT2D eigenvalue weighted by Crippen LogP contribution is -2.15. The molecule has 1 aromatic carbocycles. The van der Waals surface area contributed by atoms with Crippen LogP contribution in [0.25, 0.3) is 22.5 Å². The number of aromatic amines is 1. The van der Waals surface area contributed by atoms with Crippen LogP contribution in [0.4, 0.5) is 10.2 Å². The zero-order valence-corrected chi connectivity index (χ0v) is 15.6. The highest BCUT2D eigenvalue weighted by Gasteiger charge is 2.14. The van der Waals surface area contributed by atoms with Gasteiger partial charge in [0.05, 0.1) is 17.9 Å². The fourth-order valence-electron chi connectivity index (χ4n) is 2.94. The van der Waals surface area contributed by atoms with E-state index >= 15 is 0 Å². The van der Waals surface area contributed by atoms with Gasteiger partial charge in [-0.1, -0.05) is 0 Å². The Morgan fingerprint density at radius 1 is 1.21 bits per heavy atom. The Balaban J connectivity index is 1.54. The van der Waals surface area contributed by atoms with Gasteiger partial charge in [0, 0.05) is 23.7 Å². The van der Waals surface area contributed by atoms with Crippen LogP contribution in [0.3, 0.4) is 0 Å². The summed E-state index contributed by atoms with van der Waals surface area (Å²) in [5.41, 5.74) is 3.08. The highest BCUT2D eigenvalue weighted by atomic mass is 19.1. The second-order valence-corrected chi connectivity index (χ2v) is 6.44. The van der Waals surface area contributed by atoms with E-state index in [2.05, 4.69) is 30.4 Å². The molecule has 0 unspecified atom stereocenters. The van der Waals surface area contributed by atoms with Gasteiger partial charge in [0.2, 0.25) is 5.91 Å². The SMILES string of the molecule is Cc1nc(-c2ccnc(NC(=O)CCn3cncn3)c2)c(-c2ccc(F)cc2)[nH]1. The fourth-order valence-corrected chi connectivity index (χ4v) is 2.94. The van der Waals surface area contributed by atoms with E-state index in [1.54, 1.807) is 35.4 Å². The van der Waals surface area contributed by atoms with Crippen LogP contribution in [0.1, 0.15) is 12.2 Å². The Bertz CT molecular complexity index is 1120. The zero-order valence-electron chi connectivity index (χ0n) is 15.6. The summed E-state index contributed by atoms with van der Waals surface area (Å²) in [7, 11) is 0. The second kappa shape index (κ2) is 8.01. The van der Waals surface area contributed by atoms with Crippen LogP contribution in [-0.4, -0.2) is 35.6 Å². The van der Waals surface area contributed by atoms with Crippen molar-refractivity contribution in [1.29, 1.82) is 0 Å². The molecule has 4 rings (SSSR count). The molecule has 1 amide bonds. The van der Waals surface area contributed by atoms with Crippen LogP contribution in [0.15, 0.2) is 55.2 Å². The summed E-state index contributed by atoms with van der Waals surface area (Å²) in [6.07, 6.45) is 4.84. The van der Waals surface area contributed by atoms with Gasteiger partial charge in [0.25, 0.3) is 0 Å². The number of carbonyl (C=O) groups is 1. The van der Waals surface area contributed by atoms with E-state index in [1.165, 1.54) is 18.5 Å². The van der Waals surface area contributed by atoms with E-state index in [0.717, 1.165) is 22.6 Å². The second-order valence-electron chi connectivity index (χ2n) is 6.44. The molecule has 8 nitrogen and oxygen atoms in total. The molecular formula is C20H18FN7O. The van der Waals surface area contributed by atoms with Crippen molar-refractivity contribution >= 4 is 11.7 Å². The number of rotatable bonds is 6. The topological polar surface area (TPSA) is 101 Å². The van der Waals surface area contributed by atoms with E-state index in [1.807, 2.05) is 13.0 Å². The Kier molecular flexibility index (Phi) is 5.10. The number of halogens is 1. The number of nitrogens with zero attached hydrogens (tertiary/aromatic N) is 5. The quantitative estimate of drug-likeness (QED) is 0.526. The van der Waals surface area contributed by atoms with Crippen LogP contribution in [0.5, 0.6) is 0 Å². The van der Waals surface area contributed by atoms with Crippen molar-refractivity contribution in [3.63, 3.8) is 0 Å². The number of aromatic nitrogens is 6. The summed E-state index contributed by atoms with van der Waals surface area (Å²) in [6.45, 7) is 2.28. The normalized spacial score (nSPS) is 10.8. The third-order valence-electron chi connectivity index (χ3n) is 4.29. The number of amides is 1. The van der Waals surface area contributed by atoms with E-state index < -0.39 is 0 Å². The Morgan fingerprint density at radius 3 is 2.79 bits per heavy atom. The fraction of sp³-hybridized carbons (Fsp3) is 0.150. The maximum atomic E-state index is 13.3. The predicted molar refractivity (Wildman–Crippen MR) is 105 cm³/mol. The first-order valence-corrected chi connectivity index (χ1v) is 9.00. The molecular weight excluding hydrogens is 373 g/mol. The molecule has 4 aromatic rings. The van der Waals surface area contributed by atoms with E-state index in [9.17, 15) is 9.18 Å².